The number of hydrogen-bond acceptors (Lipinski definition) is 4. The average Bonchev–Trinajstić information content (AvgIpc) is 3.72. The normalized spacial score (nSPS) is 11.0. The zero-order valence-electron chi connectivity index (χ0n) is 50.7. The lowest BCUT2D eigenvalue weighted by Crippen LogP contribution is -2.15. The molecule has 0 radical (unpaired) electrons. The highest BCUT2D eigenvalue weighted by molar-refractivity contribution is 5.80. The predicted molar refractivity (Wildman–Crippen MR) is 370 cm³/mol. The third-order valence-electron chi connectivity index (χ3n) is 13.7. The van der Waals surface area contributed by atoms with Crippen molar-refractivity contribution in [2.24, 2.45) is 5.92 Å². The minimum absolute atomic E-state index is 0.432. The number of aryl methyl sites for hydroxylation is 1. The number of para-hydroxylation sites is 6. The van der Waals surface area contributed by atoms with Gasteiger partial charge in [-0.1, -0.05) is 235 Å². The van der Waals surface area contributed by atoms with Gasteiger partial charge in [-0.05, 0) is 182 Å². The lowest BCUT2D eigenvalue weighted by atomic mass is 9.87. The summed E-state index contributed by atoms with van der Waals surface area (Å²) in [5.74, 6) is 0.432. The summed E-state index contributed by atoms with van der Waals surface area (Å²) in [5, 5.41) is 3.30. The largest absolute Gasteiger partial charge is 0.356 e. The van der Waals surface area contributed by atoms with Crippen LogP contribution in [0.1, 0.15) is 75.8 Å². The fraction of sp³-hybridized carbons (Fsp3) is 0.150. The molecule has 1 N–H and O–H groups in total. The molecule has 0 aliphatic carbocycles. The fourth-order valence-corrected chi connectivity index (χ4v) is 9.64. The summed E-state index contributed by atoms with van der Waals surface area (Å²) < 4.78 is 0. The number of nitrogens with zero attached hydrogens (tertiary/aromatic N) is 3. The van der Waals surface area contributed by atoms with Crippen LogP contribution >= 0.6 is 0 Å². The van der Waals surface area contributed by atoms with E-state index in [1.54, 1.807) is 6.08 Å². The molecule has 0 saturated carbocycles. The van der Waals surface area contributed by atoms with Gasteiger partial charge in [0.25, 0.3) is 0 Å². The maximum absolute atomic E-state index is 4.53. The Morgan fingerprint density at radius 3 is 1.50 bits per heavy atom. The van der Waals surface area contributed by atoms with E-state index in [1.165, 1.54) is 39.0 Å². The first kappa shape index (κ1) is 63.5. The molecule has 0 bridgehead atoms. The van der Waals surface area contributed by atoms with Crippen molar-refractivity contribution in [3.8, 4) is 0 Å². The van der Waals surface area contributed by atoms with Crippen LogP contribution in [0.15, 0.2) is 328 Å². The van der Waals surface area contributed by atoms with E-state index in [4.69, 9.17) is 0 Å². The molecule has 0 aromatic heterocycles. The first-order chi connectivity index (χ1) is 41.1. The third kappa shape index (κ3) is 19.8. The number of allylic oxidation sites excluding steroid dienone is 8. The molecule has 0 unspecified atom stereocenters. The highest BCUT2D eigenvalue weighted by Crippen LogP contribution is 2.39. The topological polar surface area (TPSA) is 21.8 Å². The Balaban J connectivity index is 0.000000294. The molecule has 9 rings (SSSR count). The van der Waals surface area contributed by atoms with Crippen molar-refractivity contribution in [3.05, 3.63) is 356 Å². The molecule has 426 valence electrons. The Kier molecular flexibility index (Phi) is 26.7. The standard InChI is InChI=1S/C51H52N2.C15H17N.C12H11N.C2H6/c1-7-50(40(5)34-42-20-12-8-13-21-42)51-33-32-49(53(46-24-16-10-17-25-46)47-26-18-11-19-27-47)37-44(51)35-43-36-48(31-29-39(43)4)52(41(6)30-28-38(2)3)45-22-14-9-15-23-45;1-3-5-6-10-14-16(13-4-2)15-11-8-7-9-12-15;1-3-7-11(8-4-1)13-12-9-5-2-6-10-12;1-2/h8-33,36-38H,6-7,34-35H2,1-5H3;3-12,14H,1-2,13H2;1-10,13H;1-2H3/b30-28-,50-40-;6-5-,14-10+;;. The molecule has 0 spiro atoms. The molecule has 0 aliphatic rings. The molecule has 84 heavy (non-hydrogen) atoms. The van der Waals surface area contributed by atoms with Gasteiger partial charge in [-0.2, -0.15) is 0 Å². The molecule has 0 atom stereocenters. The SMILES string of the molecule is C=C(/C=C\C(C)C)N(c1ccccc1)c1ccc(C)c(Cc2cc(N(c3ccccc3)c3ccccc3)ccc2/C(CC)=C(/C)Cc2ccccc2)c1.C=C/C=C\C=C\N(CC=C)c1ccccc1.CC.c1ccc(Nc2ccccc2)cc1. The summed E-state index contributed by atoms with van der Waals surface area (Å²) in [6.07, 6.45) is 18.5. The van der Waals surface area contributed by atoms with Crippen LogP contribution in [-0.2, 0) is 12.8 Å². The van der Waals surface area contributed by atoms with Crippen LogP contribution in [0, 0.1) is 12.8 Å². The molecule has 9 aromatic rings. The van der Waals surface area contributed by atoms with Gasteiger partial charge in [0.15, 0.2) is 0 Å². The van der Waals surface area contributed by atoms with Gasteiger partial charge in [0, 0.05) is 63.9 Å². The fourth-order valence-electron chi connectivity index (χ4n) is 9.64. The molecule has 0 aliphatic heterocycles. The summed E-state index contributed by atoms with van der Waals surface area (Å²) in [4.78, 5) is 6.76. The number of anilines is 8. The van der Waals surface area contributed by atoms with E-state index in [9.17, 15) is 0 Å². The zero-order chi connectivity index (χ0) is 59.7. The van der Waals surface area contributed by atoms with E-state index < -0.39 is 0 Å². The van der Waals surface area contributed by atoms with Crippen LogP contribution < -0.4 is 20.0 Å². The van der Waals surface area contributed by atoms with Gasteiger partial charge in [-0.15, -0.1) is 6.58 Å². The number of nitrogens with one attached hydrogen (secondary N) is 1. The van der Waals surface area contributed by atoms with E-state index in [2.05, 4.69) is 256 Å². The van der Waals surface area contributed by atoms with Crippen molar-refractivity contribution < 1.29 is 0 Å². The summed E-state index contributed by atoms with van der Waals surface area (Å²) >= 11 is 0. The van der Waals surface area contributed by atoms with Gasteiger partial charge >= 0.3 is 0 Å². The second-order valence-electron chi connectivity index (χ2n) is 20.3. The second kappa shape index (κ2) is 35.3. The Morgan fingerprint density at radius 2 is 1.00 bits per heavy atom. The summed E-state index contributed by atoms with van der Waals surface area (Å²) in [6.45, 7) is 27.9. The smallest absolute Gasteiger partial charge is 0.0464 e. The Labute approximate surface area is 504 Å². The van der Waals surface area contributed by atoms with E-state index in [-0.39, 0.29) is 0 Å². The highest BCUT2D eigenvalue weighted by Gasteiger charge is 2.19. The first-order valence-corrected chi connectivity index (χ1v) is 29.5. The first-order valence-electron chi connectivity index (χ1n) is 29.5. The molecule has 4 heteroatoms. The zero-order valence-corrected chi connectivity index (χ0v) is 50.7. The van der Waals surface area contributed by atoms with Crippen LogP contribution in [-0.4, -0.2) is 6.54 Å². The van der Waals surface area contributed by atoms with E-state index in [1.807, 2.05) is 123 Å². The van der Waals surface area contributed by atoms with Crippen molar-refractivity contribution in [1.29, 1.82) is 0 Å². The quantitative estimate of drug-likeness (QED) is 0.0539. The van der Waals surface area contributed by atoms with E-state index >= 15 is 0 Å². The van der Waals surface area contributed by atoms with Crippen LogP contribution in [0.5, 0.6) is 0 Å². The number of rotatable bonds is 22. The molecule has 0 saturated heterocycles. The van der Waals surface area contributed by atoms with Crippen LogP contribution in [0.3, 0.4) is 0 Å². The Hall–Kier alpha value is -9.64. The van der Waals surface area contributed by atoms with Crippen molar-refractivity contribution in [3.63, 3.8) is 0 Å². The maximum atomic E-state index is 4.53. The monoisotopic (exact) mass is 1100 g/mol. The lowest BCUT2D eigenvalue weighted by molar-refractivity contribution is 0.830. The predicted octanol–water partition coefficient (Wildman–Crippen LogP) is 22.7. The molecular weight excluding hydrogens is 1020 g/mol. The average molecular weight is 1100 g/mol. The van der Waals surface area contributed by atoms with Crippen molar-refractivity contribution in [1.82, 2.24) is 0 Å². The van der Waals surface area contributed by atoms with Crippen molar-refractivity contribution in [2.75, 3.05) is 26.6 Å². The summed E-state index contributed by atoms with van der Waals surface area (Å²) in [5.41, 5.74) is 19.3. The van der Waals surface area contributed by atoms with Crippen LogP contribution in [0.4, 0.5) is 45.5 Å². The Bertz CT molecular complexity index is 3400. The summed E-state index contributed by atoms with van der Waals surface area (Å²) in [7, 11) is 0. The van der Waals surface area contributed by atoms with E-state index in [0.29, 0.717) is 5.92 Å². The second-order valence-corrected chi connectivity index (χ2v) is 20.3. The molecule has 0 fully saturated rings. The summed E-state index contributed by atoms with van der Waals surface area (Å²) in [6, 6.07) is 87.2. The molecule has 0 amide bonds. The number of benzene rings is 9. The van der Waals surface area contributed by atoms with Crippen molar-refractivity contribution in [2.45, 2.75) is 67.7 Å². The third-order valence-corrected chi connectivity index (χ3v) is 13.7. The molecule has 4 nitrogen and oxygen atoms in total. The van der Waals surface area contributed by atoms with Gasteiger partial charge in [-0.3, -0.25) is 0 Å². The van der Waals surface area contributed by atoms with Crippen molar-refractivity contribution >= 4 is 51.1 Å². The van der Waals surface area contributed by atoms with Gasteiger partial charge in [0.05, 0.1) is 0 Å². The van der Waals surface area contributed by atoms with Crippen LogP contribution in [0.2, 0.25) is 0 Å². The highest BCUT2D eigenvalue weighted by atomic mass is 15.1. The van der Waals surface area contributed by atoms with Gasteiger partial charge in [0.1, 0.15) is 0 Å². The minimum Gasteiger partial charge on any atom is -0.356 e. The van der Waals surface area contributed by atoms with Gasteiger partial charge in [-0.25, -0.2) is 0 Å². The molecular formula is C80H86N4. The van der Waals surface area contributed by atoms with Gasteiger partial charge in [0.2, 0.25) is 0 Å². The molecule has 0 heterocycles. The number of hydrogen-bond donors (Lipinski definition) is 1. The van der Waals surface area contributed by atoms with E-state index in [0.717, 1.165) is 77.0 Å². The van der Waals surface area contributed by atoms with Crippen LogP contribution in [0.25, 0.3) is 5.57 Å². The minimum atomic E-state index is 0.432. The molecule has 9 aromatic carbocycles. The lowest BCUT2D eigenvalue weighted by Gasteiger charge is -2.28. The Morgan fingerprint density at radius 1 is 0.524 bits per heavy atom. The van der Waals surface area contributed by atoms with Gasteiger partial charge < -0.3 is 20.0 Å². The maximum Gasteiger partial charge on any atom is 0.0464 e.